The van der Waals surface area contributed by atoms with E-state index in [1.165, 1.54) is 12.1 Å². The zero-order valence-electron chi connectivity index (χ0n) is 15.5. The third-order valence-electron chi connectivity index (χ3n) is 3.34. The van der Waals surface area contributed by atoms with Crippen molar-refractivity contribution in [1.82, 2.24) is 16.1 Å². The lowest BCUT2D eigenvalue weighted by atomic mass is 10.0. The number of nitrogens with one attached hydrogen (secondary N) is 3. The first-order chi connectivity index (χ1) is 12.6. The van der Waals surface area contributed by atoms with Crippen LogP contribution in [0.3, 0.4) is 0 Å². The van der Waals surface area contributed by atoms with E-state index >= 15 is 0 Å². The van der Waals surface area contributed by atoms with Gasteiger partial charge in [-0.2, -0.15) is 0 Å². The van der Waals surface area contributed by atoms with Crippen LogP contribution in [0, 0.1) is 0 Å². The molecule has 0 aliphatic carbocycles. The predicted molar refractivity (Wildman–Crippen MR) is 96.3 cm³/mol. The Morgan fingerprint density at radius 3 is 2.15 bits per heavy atom. The molecule has 10 heteroatoms. The summed E-state index contributed by atoms with van der Waals surface area (Å²) >= 11 is 0. The fourth-order valence-corrected chi connectivity index (χ4v) is 2.09. The van der Waals surface area contributed by atoms with Crippen molar-refractivity contribution in [3.8, 4) is 5.75 Å². The van der Waals surface area contributed by atoms with Gasteiger partial charge in [-0.15, -0.1) is 0 Å². The topological polar surface area (TPSA) is 163 Å². The van der Waals surface area contributed by atoms with Gasteiger partial charge in [-0.25, -0.2) is 10.6 Å². The molecule has 1 rings (SSSR count). The summed E-state index contributed by atoms with van der Waals surface area (Å²) in [5.74, 6) is 3.77. The molecule has 27 heavy (non-hydrogen) atoms. The van der Waals surface area contributed by atoms with Crippen molar-refractivity contribution in [3.63, 3.8) is 0 Å². The van der Waals surface area contributed by atoms with Gasteiger partial charge >= 0.3 is 6.09 Å². The van der Waals surface area contributed by atoms with Gasteiger partial charge in [0.15, 0.2) is 0 Å². The first-order valence-corrected chi connectivity index (χ1v) is 8.25. The summed E-state index contributed by atoms with van der Waals surface area (Å²) in [5, 5.41) is 23.4. The standard InChI is InChI=1S/C17H26N4O6/c1-17(2,3)27-16(26)20-13(9-22)14(24)19-12(15(25)21-18)8-10-4-6-11(23)7-5-10/h4-7,12-13,22-23H,8-9,18H2,1-3H3,(H,19,24)(H,20,26)(H,21,25)/t12-,13+/m1/s1. The largest absolute Gasteiger partial charge is 0.508 e. The van der Waals surface area contributed by atoms with Crippen LogP contribution < -0.4 is 21.9 Å². The summed E-state index contributed by atoms with van der Waals surface area (Å²) < 4.78 is 5.04. The second kappa shape index (κ2) is 9.74. The van der Waals surface area contributed by atoms with E-state index < -0.39 is 42.2 Å². The van der Waals surface area contributed by atoms with Crippen LogP contribution in [0.1, 0.15) is 26.3 Å². The van der Waals surface area contributed by atoms with E-state index in [0.717, 1.165) is 0 Å². The number of carbonyl (C=O) groups is 3. The van der Waals surface area contributed by atoms with Crippen LogP contribution in [0.2, 0.25) is 0 Å². The van der Waals surface area contributed by atoms with Crippen LogP contribution in [-0.2, 0) is 20.7 Å². The number of nitrogens with two attached hydrogens (primary N) is 1. The number of phenolic OH excluding ortho intramolecular Hbond substituents is 1. The number of phenols is 1. The highest BCUT2D eigenvalue weighted by Gasteiger charge is 2.28. The van der Waals surface area contributed by atoms with Gasteiger partial charge in [-0.05, 0) is 38.5 Å². The average Bonchev–Trinajstić information content (AvgIpc) is 2.58. The second-order valence-corrected chi connectivity index (χ2v) is 6.82. The maximum absolute atomic E-state index is 12.3. The fourth-order valence-electron chi connectivity index (χ4n) is 2.09. The summed E-state index contributed by atoms with van der Waals surface area (Å²) in [6.07, 6.45) is -0.797. The van der Waals surface area contributed by atoms with Gasteiger partial charge in [0, 0.05) is 6.42 Å². The second-order valence-electron chi connectivity index (χ2n) is 6.82. The van der Waals surface area contributed by atoms with Crippen LogP contribution in [-0.4, -0.2) is 52.4 Å². The van der Waals surface area contributed by atoms with Crippen LogP contribution >= 0.6 is 0 Å². The van der Waals surface area contributed by atoms with E-state index in [1.807, 2.05) is 5.43 Å². The molecule has 10 nitrogen and oxygen atoms in total. The molecule has 1 aromatic rings. The Hall–Kier alpha value is -2.85. The Morgan fingerprint density at radius 1 is 1.07 bits per heavy atom. The number of rotatable bonds is 7. The van der Waals surface area contributed by atoms with Crippen LogP contribution in [0.25, 0.3) is 0 Å². The highest BCUT2D eigenvalue weighted by molar-refractivity contribution is 5.91. The number of benzene rings is 1. The monoisotopic (exact) mass is 382 g/mol. The zero-order chi connectivity index (χ0) is 20.6. The minimum Gasteiger partial charge on any atom is -0.508 e. The maximum Gasteiger partial charge on any atom is 0.408 e. The zero-order valence-corrected chi connectivity index (χ0v) is 15.5. The first kappa shape index (κ1) is 22.2. The first-order valence-electron chi connectivity index (χ1n) is 8.25. The van der Waals surface area contributed by atoms with Gasteiger partial charge < -0.3 is 25.6 Å². The minimum atomic E-state index is -1.31. The number of aromatic hydroxyl groups is 1. The third-order valence-corrected chi connectivity index (χ3v) is 3.34. The lowest BCUT2D eigenvalue weighted by molar-refractivity contribution is -0.130. The molecular formula is C17H26N4O6. The predicted octanol–water partition coefficient (Wildman–Crippen LogP) is -0.705. The van der Waals surface area contributed by atoms with E-state index in [0.29, 0.717) is 5.56 Å². The molecule has 0 saturated heterocycles. The summed E-state index contributed by atoms with van der Waals surface area (Å²) in [4.78, 5) is 36.1. The minimum absolute atomic E-state index is 0.0597. The third kappa shape index (κ3) is 7.92. The molecule has 3 amide bonds. The molecule has 0 heterocycles. The molecule has 2 atom stereocenters. The molecular weight excluding hydrogens is 356 g/mol. The number of ether oxygens (including phenoxy) is 1. The number of hydrogen-bond acceptors (Lipinski definition) is 7. The number of carbonyl (C=O) groups excluding carboxylic acids is 3. The van der Waals surface area contributed by atoms with Crippen LogP contribution in [0.15, 0.2) is 24.3 Å². The molecule has 1 aromatic carbocycles. The lowest BCUT2D eigenvalue weighted by Gasteiger charge is -2.24. The molecule has 0 spiro atoms. The molecule has 0 aliphatic heterocycles. The number of hydrazine groups is 1. The summed E-state index contributed by atoms with van der Waals surface area (Å²) in [6.45, 7) is 4.26. The van der Waals surface area contributed by atoms with Crippen molar-refractivity contribution in [3.05, 3.63) is 29.8 Å². The Balaban J connectivity index is 2.79. The molecule has 0 unspecified atom stereocenters. The van der Waals surface area contributed by atoms with Crippen molar-refractivity contribution in [2.75, 3.05) is 6.61 Å². The molecule has 0 aliphatic rings. The molecule has 7 N–H and O–H groups in total. The average molecular weight is 382 g/mol. The van der Waals surface area contributed by atoms with Gasteiger partial charge in [-0.3, -0.25) is 15.0 Å². The van der Waals surface area contributed by atoms with Crippen molar-refractivity contribution in [2.45, 2.75) is 44.9 Å². The van der Waals surface area contributed by atoms with E-state index in [-0.39, 0.29) is 12.2 Å². The highest BCUT2D eigenvalue weighted by Crippen LogP contribution is 2.11. The summed E-state index contributed by atoms with van der Waals surface area (Å²) in [6, 6.07) is 3.68. The van der Waals surface area contributed by atoms with Gasteiger partial charge in [-0.1, -0.05) is 12.1 Å². The highest BCUT2D eigenvalue weighted by atomic mass is 16.6. The van der Waals surface area contributed by atoms with Crippen molar-refractivity contribution >= 4 is 17.9 Å². The fraction of sp³-hybridized carbons (Fsp3) is 0.471. The van der Waals surface area contributed by atoms with Crippen molar-refractivity contribution in [1.29, 1.82) is 0 Å². The molecule has 0 fully saturated rings. The quantitative estimate of drug-likeness (QED) is 0.206. The maximum atomic E-state index is 12.3. The van der Waals surface area contributed by atoms with E-state index in [2.05, 4.69) is 10.6 Å². The number of hydrogen-bond donors (Lipinski definition) is 6. The molecule has 0 saturated carbocycles. The Kier molecular flexibility index (Phi) is 8.00. The van der Waals surface area contributed by atoms with Crippen LogP contribution in [0.5, 0.6) is 5.75 Å². The summed E-state index contributed by atoms with van der Waals surface area (Å²) in [7, 11) is 0. The van der Waals surface area contributed by atoms with Gasteiger partial charge in [0.2, 0.25) is 5.91 Å². The Bertz CT molecular complexity index is 656. The van der Waals surface area contributed by atoms with E-state index in [1.54, 1.807) is 32.9 Å². The van der Waals surface area contributed by atoms with Crippen molar-refractivity contribution < 1.29 is 29.3 Å². The van der Waals surface area contributed by atoms with Gasteiger partial charge in [0.1, 0.15) is 23.4 Å². The number of amides is 3. The Labute approximate surface area is 157 Å². The van der Waals surface area contributed by atoms with Crippen molar-refractivity contribution in [2.24, 2.45) is 5.84 Å². The summed E-state index contributed by atoms with van der Waals surface area (Å²) in [5.41, 5.74) is 1.83. The smallest absolute Gasteiger partial charge is 0.408 e. The molecule has 0 aromatic heterocycles. The van der Waals surface area contributed by atoms with Crippen LogP contribution in [0.4, 0.5) is 4.79 Å². The SMILES string of the molecule is CC(C)(C)OC(=O)N[C@@H](CO)C(=O)N[C@H](Cc1ccc(O)cc1)C(=O)NN. The van der Waals surface area contributed by atoms with Gasteiger partial charge in [0.05, 0.1) is 6.61 Å². The Morgan fingerprint density at radius 2 is 1.67 bits per heavy atom. The number of alkyl carbamates (subject to hydrolysis) is 1. The molecule has 0 bridgehead atoms. The molecule has 0 radical (unpaired) electrons. The van der Waals surface area contributed by atoms with E-state index in [9.17, 15) is 24.6 Å². The van der Waals surface area contributed by atoms with E-state index in [4.69, 9.17) is 10.6 Å². The number of aliphatic hydroxyl groups is 1. The number of aliphatic hydroxyl groups excluding tert-OH is 1. The molecule has 150 valence electrons. The van der Waals surface area contributed by atoms with Gasteiger partial charge in [0.25, 0.3) is 5.91 Å². The normalized spacial score (nSPS) is 13.2. The lowest BCUT2D eigenvalue weighted by Crippen LogP contribution is -2.56.